The summed E-state index contributed by atoms with van der Waals surface area (Å²) in [7, 11) is 6.23. The normalized spacial score (nSPS) is 14.9. The molecule has 0 aromatic heterocycles. The summed E-state index contributed by atoms with van der Waals surface area (Å²) >= 11 is 0. The lowest BCUT2D eigenvalue weighted by molar-refractivity contribution is -0.886. The Hall–Kier alpha value is -0.370. The zero-order valence-electron chi connectivity index (χ0n) is 9.22. The van der Waals surface area contributed by atoms with E-state index in [9.17, 15) is 4.79 Å². The highest BCUT2D eigenvalue weighted by Gasteiger charge is 2.30. The third kappa shape index (κ3) is 2.94. The minimum Gasteiger partial charge on any atom is -0.322 e. The molecule has 0 saturated heterocycles. The van der Waals surface area contributed by atoms with Crippen molar-refractivity contribution in [2.75, 3.05) is 21.1 Å². The Morgan fingerprint density at radius 3 is 1.75 bits per heavy atom. The number of nitrogens with zero attached hydrogens (tertiary/aromatic N) is 1. The van der Waals surface area contributed by atoms with Gasteiger partial charge < -0.3 is 4.48 Å². The molecule has 0 bridgehead atoms. The van der Waals surface area contributed by atoms with Gasteiger partial charge in [0.1, 0.15) is 6.04 Å². The maximum absolute atomic E-state index is 11.7. The predicted octanol–water partition coefficient (Wildman–Crippen LogP) is 1.70. The first-order valence-corrected chi connectivity index (χ1v) is 4.65. The largest absolute Gasteiger partial charge is 0.322 e. The minimum atomic E-state index is 0.157. The molecule has 0 radical (unpaired) electrons. The Balaban J connectivity index is 4.47. The van der Waals surface area contributed by atoms with E-state index in [-0.39, 0.29) is 12.0 Å². The molecule has 12 heavy (non-hydrogen) atoms. The Morgan fingerprint density at radius 2 is 1.67 bits per heavy atom. The maximum Gasteiger partial charge on any atom is 0.192 e. The topological polar surface area (TPSA) is 17.1 Å². The highest BCUT2D eigenvalue weighted by molar-refractivity contribution is 5.84. The Labute approximate surface area is 76.2 Å². The van der Waals surface area contributed by atoms with Gasteiger partial charge in [0.25, 0.3) is 0 Å². The predicted molar refractivity (Wildman–Crippen MR) is 52.0 cm³/mol. The lowest BCUT2D eigenvalue weighted by Gasteiger charge is -2.33. The molecule has 0 aromatic rings. The van der Waals surface area contributed by atoms with Crippen molar-refractivity contribution in [3.05, 3.63) is 0 Å². The fourth-order valence-electron chi connectivity index (χ4n) is 1.52. The van der Waals surface area contributed by atoms with Crippen LogP contribution in [-0.4, -0.2) is 37.5 Å². The summed E-state index contributed by atoms with van der Waals surface area (Å²) < 4.78 is 0.744. The third-order valence-corrected chi connectivity index (χ3v) is 2.22. The smallest absolute Gasteiger partial charge is 0.192 e. The van der Waals surface area contributed by atoms with Crippen LogP contribution in [0.2, 0.25) is 0 Å². The Morgan fingerprint density at radius 1 is 1.25 bits per heavy atom. The lowest BCUT2D eigenvalue weighted by Crippen LogP contribution is -2.50. The second kappa shape index (κ2) is 4.04. The van der Waals surface area contributed by atoms with Crippen molar-refractivity contribution in [2.45, 2.75) is 33.2 Å². The molecular formula is C10H22NO+. The number of carbonyl (C=O) groups is 1. The molecule has 0 heterocycles. The molecule has 2 nitrogen and oxygen atoms in total. The molecule has 0 rings (SSSR count). The van der Waals surface area contributed by atoms with Crippen LogP contribution < -0.4 is 0 Å². The summed E-state index contributed by atoms with van der Waals surface area (Å²) in [6.07, 6.45) is 0.931. The number of Topliss-reactive ketones (excluding diaryl/α,β-unsaturated/α-hetero) is 1. The van der Waals surface area contributed by atoms with Crippen LogP contribution in [-0.2, 0) is 4.79 Å². The second-order valence-electron chi connectivity index (χ2n) is 4.60. The van der Waals surface area contributed by atoms with Crippen molar-refractivity contribution in [3.63, 3.8) is 0 Å². The van der Waals surface area contributed by atoms with Gasteiger partial charge in [-0.25, -0.2) is 0 Å². The molecule has 2 heteroatoms. The molecule has 0 fully saturated rings. The highest BCUT2D eigenvalue weighted by atomic mass is 16.1. The van der Waals surface area contributed by atoms with E-state index in [4.69, 9.17) is 0 Å². The van der Waals surface area contributed by atoms with Gasteiger partial charge in [-0.3, -0.25) is 4.79 Å². The van der Waals surface area contributed by atoms with E-state index in [2.05, 4.69) is 28.1 Å². The zero-order chi connectivity index (χ0) is 9.94. The van der Waals surface area contributed by atoms with Gasteiger partial charge in [0.2, 0.25) is 0 Å². The molecule has 0 amide bonds. The monoisotopic (exact) mass is 172 g/mol. The Kier molecular flexibility index (Phi) is 3.91. The Bertz CT molecular complexity index is 156. The van der Waals surface area contributed by atoms with Gasteiger partial charge in [-0.15, -0.1) is 0 Å². The summed E-state index contributed by atoms with van der Waals surface area (Å²) in [6, 6.07) is 0.157. The third-order valence-electron chi connectivity index (χ3n) is 2.22. The van der Waals surface area contributed by atoms with Gasteiger partial charge in [0, 0.05) is 12.3 Å². The van der Waals surface area contributed by atoms with E-state index >= 15 is 0 Å². The van der Waals surface area contributed by atoms with E-state index < -0.39 is 0 Å². The van der Waals surface area contributed by atoms with Gasteiger partial charge in [-0.2, -0.15) is 0 Å². The molecule has 1 atom stereocenters. The quantitative estimate of drug-likeness (QED) is 0.590. The number of quaternary nitrogens is 1. The lowest BCUT2D eigenvalue weighted by atomic mass is 9.98. The molecule has 0 spiro atoms. The van der Waals surface area contributed by atoms with E-state index in [0.717, 1.165) is 10.9 Å². The first-order valence-electron chi connectivity index (χ1n) is 4.65. The van der Waals surface area contributed by atoms with Crippen molar-refractivity contribution < 1.29 is 9.28 Å². The van der Waals surface area contributed by atoms with Crippen molar-refractivity contribution in [3.8, 4) is 0 Å². The SMILES string of the molecule is CCC(C(=O)C(C)C)[N+](C)(C)C. The number of hydrogen-bond donors (Lipinski definition) is 0. The summed E-state index contributed by atoms with van der Waals surface area (Å²) in [4.78, 5) is 11.7. The maximum atomic E-state index is 11.7. The van der Waals surface area contributed by atoms with Gasteiger partial charge in [-0.1, -0.05) is 20.8 Å². The molecule has 72 valence electrons. The fourth-order valence-corrected chi connectivity index (χ4v) is 1.52. The molecule has 0 saturated carbocycles. The standard InChI is InChI=1S/C10H22NO/c1-7-9(11(4,5)6)10(12)8(2)3/h8-9H,7H2,1-6H3/q+1. The summed E-state index contributed by atoms with van der Waals surface area (Å²) in [5.74, 6) is 0.539. The molecule has 0 aliphatic rings. The highest BCUT2D eigenvalue weighted by Crippen LogP contribution is 2.13. The van der Waals surface area contributed by atoms with Gasteiger partial charge in [0.05, 0.1) is 21.1 Å². The van der Waals surface area contributed by atoms with Crippen LogP contribution >= 0.6 is 0 Å². The van der Waals surface area contributed by atoms with Crippen molar-refractivity contribution >= 4 is 5.78 Å². The molecule has 0 aromatic carbocycles. The fraction of sp³-hybridized carbons (Fsp3) is 0.900. The summed E-state index contributed by atoms with van der Waals surface area (Å²) in [5.41, 5.74) is 0. The molecule has 1 unspecified atom stereocenters. The van der Waals surface area contributed by atoms with Crippen molar-refractivity contribution in [2.24, 2.45) is 5.92 Å². The van der Waals surface area contributed by atoms with Crippen molar-refractivity contribution in [1.29, 1.82) is 0 Å². The van der Waals surface area contributed by atoms with Crippen LogP contribution in [0.3, 0.4) is 0 Å². The van der Waals surface area contributed by atoms with Crippen molar-refractivity contribution in [1.82, 2.24) is 0 Å². The average molecular weight is 172 g/mol. The van der Waals surface area contributed by atoms with E-state index in [1.54, 1.807) is 0 Å². The number of ketones is 1. The summed E-state index contributed by atoms with van der Waals surface area (Å²) in [5, 5.41) is 0. The average Bonchev–Trinajstić information content (AvgIpc) is 1.85. The molecule has 0 aliphatic heterocycles. The molecule has 0 aliphatic carbocycles. The van der Waals surface area contributed by atoms with Crippen LogP contribution in [0.15, 0.2) is 0 Å². The van der Waals surface area contributed by atoms with Gasteiger partial charge in [-0.05, 0) is 0 Å². The van der Waals surface area contributed by atoms with E-state index in [0.29, 0.717) is 5.78 Å². The van der Waals surface area contributed by atoms with E-state index in [1.165, 1.54) is 0 Å². The van der Waals surface area contributed by atoms with Gasteiger partial charge in [0.15, 0.2) is 5.78 Å². The first-order chi connectivity index (χ1) is 5.30. The summed E-state index contributed by atoms with van der Waals surface area (Å²) in [6.45, 7) is 6.02. The van der Waals surface area contributed by atoms with E-state index in [1.807, 2.05) is 13.8 Å². The van der Waals surface area contributed by atoms with Crippen LogP contribution in [0, 0.1) is 5.92 Å². The number of carbonyl (C=O) groups excluding carboxylic acids is 1. The molecular weight excluding hydrogens is 150 g/mol. The second-order valence-corrected chi connectivity index (χ2v) is 4.60. The van der Waals surface area contributed by atoms with Crippen LogP contribution in [0.25, 0.3) is 0 Å². The van der Waals surface area contributed by atoms with Crippen LogP contribution in [0.4, 0.5) is 0 Å². The van der Waals surface area contributed by atoms with Crippen LogP contribution in [0.5, 0.6) is 0 Å². The first kappa shape index (κ1) is 11.6. The number of hydrogen-bond acceptors (Lipinski definition) is 1. The van der Waals surface area contributed by atoms with Gasteiger partial charge >= 0.3 is 0 Å². The minimum absolute atomic E-state index is 0.157. The van der Waals surface area contributed by atoms with Crippen LogP contribution in [0.1, 0.15) is 27.2 Å². The molecule has 0 N–H and O–H groups in total. The number of likely N-dealkylation sites (N-methyl/N-ethyl adjacent to an activating group) is 1. The zero-order valence-corrected chi connectivity index (χ0v) is 9.22. The number of rotatable bonds is 4.